The molecule has 2 atom stereocenters. The van der Waals surface area contributed by atoms with Gasteiger partial charge in [-0.2, -0.15) is 0 Å². The van der Waals surface area contributed by atoms with Gasteiger partial charge in [0.1, 0.15) is 11.3 Å². The Balaban J connectivity index is 2.14. The summed E-state index contributed by atoms with van der Waals surface area (Å²) >= 11 is 0. The van der Waals surface area contributed by atoms with Crippen molar-refractivity contribution >= 4 is 0 Å². The minimum absolute atomic E-state index is 0.282. The van der Waals surface area contributed by atoms with Crippen molar-refractivity contribution in [2.75, 3.05) is 0 Å². The summed E-state index contributed by atoms with van der Waals surface area (Å²) < 4.78 is 1.83. The molecule has 15 heavy (non-hydrogen) atoms. The third-order valence-electron chi connectivity index (χ3n) is 2.96. The molecule has 0 aromatic carbocycles. The normalized spacial score (nSPS) is 27.2. The molecule has 84 valence electrons. The van der Waals surface area contributed by atoms with E-state index in [0.29, 0.717) is 11.7 Å². The zero-order valence-electron chi connectivity index (χ0n) is 9.22. The first-order chi connectivity index (χ1) is 6.97. The number of nitrogens with zero attached hydrogens (tertiary/aromatic N) is 3. The summed E-state index contributed by atoms with van der Waals surface area (Å²) in [6.45, 7) is 3.42. The topological polar surface area (TPSA) is 77.0 Å². The minimum Gasteiger partial charge on any atom is -0.384 e. The van der Waals surface area contributed by atoms with E-state index in [1.54, 1.807) is 13.8 Å². The van der Waals surface area contributed by atoms with Crippen LogP contribution >= 0.6 is 0 Å². The molecule has 1 saturated carbocycles. The summed E-state index contributed by atoms with van der Waals surface area (Å²) in [7, 11) is 0. The summed E-state index contributed by atoms with van der Waals surface area (Å²) in [5.41, 5.74) is 5.54. The minimum atomic E-state index is -0.918. The van der Waals surface area contributed by atoms with Crippen LogP contribution in [0.3, 0.4) is 0 Å². The Morgan fingerprint density at radius 3 is 2.73 bits per heavy atom. The van der Waals surface area contributed by atoms with Crippen molar-refractivity contribution in [2.24, 2.45) is 5.73 Å². The largest absolute Gasteiger partial charge is 0.384 e. The van der Waals surface area contributed by atoms with Gasteiger partial charge in [-0.25, -0.2) is 4.68 Å². The average molecular weight is 210 g/mol. The molecule has 0 radical (unpaired) electrons. The predicted octanol–water partition coefficient (Wildman–Crippen LogP) is 0.558. The SMILES string of the molecule is CC(C)(O)c1cn([C@@H]2CC[C@H](N)C2)nn1. The van der Waals surface area contributed by atoms with Crippen LogP contribution in [0.5, 0.6) is 0 Å². The van der Waals surface area contributed by atoms with E-state index in [1.807, 2.05) is 10.9 Å². The molecule has 1 aromatic heterocycles. The Bertz CT molecular complexity index is 341. The average Bonchev–Trinajstić information content (AvgIpc) is 2.69. The Morgan fingerprint density at radius 1 is 1.53 bits per heavy atom. The van der Waals surface area contributed by atoms with Crippen LogP contribution in [-0.4, -0.2) is 26.1 Å². The van der Waals surface area contributed by atoms with E-state index in [4.69, 9.17) is 5.73 Å². The third-order valence-corrected chi connectivity index (χ3v) is 2.96. The van der Waals surface area contributed by atoms with Gasteiger partial charge in [0.25, 0.3) is 0 Å². The molecule has 5 heteroatoms. The first kappa shape index (κ1) is 10.6. The molecular weight excluding hydrogens is 192 g/mol. The zero-order chi connectivity index (χ0) is 11.1. The monoisotopic (exact) mass is 210 g/mol. The van der Waals surface area contributed by atoms with Crippen LogP contribution < -0.4 is 5.73 Å². The fourth-order valence-electron chi connectivity index (χ4n) is 1.97. The van der Waals surface area contributed by atoms with Crippen LogP contribution in [-0.2, 0) is 5.60 Å². The maximum absolute atomic E-state index is 9.76. The Hall–Kier alpha value is -0.940. The summed E-state index contributed by atoms with van der Waals surface area (Å²) in [5.74, 6) is 0. The molecule has 1 aliphatic carbocycles. The van der Waals surface area contributed by atoms with Crippen LogP contribution in [0.1, 0.15) is 44.8 Å². The van der Waals surface area contributed by atoms with E-state index < -0.39 is 5.60 Å². The smallest absolute Gasteiger partial charge is 0.114 e. The highest BCUT2D eigenvalue weighted by molar-refractivity contribution is 5.03. The van der Waals surface area contributed by atoms with Gasteiger partial charge in [-0.15, -0.1) is 5.10 Å². The predicted molar refractivity (Wildman–Crippen MR) is 56.1 cm³/mol. The lowest BCUT2D eigenvalue weighted by Crippen LogP contribution is -2.17. The highest BCUT2D eigenvalue weighted by atomic mass is 16.3. The maximum Gasteiger partial charge on any atom is 0.114 e. The number of hydrogen-bond acceptors (Lipinski definition) is 4. The molecular formula is C10H18N4O. The lowest BCUT2D eigenvalue weighted by atomic mass is 10.1. The zero-order valence-corrected chi connectivity index (χ0v) is 9.22. The number of hydrogen-bond donors (Lipinski definition) is 2. The molecule has 1 heterocycles. The number of aromatic nitrogens is 3. The van der Waals surface area contributed by atoms with Gasteiger partial charge in [0, 0.05) is 6.04 Å². The highest BCUT2D eigenvalue weighted by Gasteiger charge is 2.26. The van der Waals surface area contributed by atoms with Gasteiger partial charge < -0.3 is 10.8 Å². The second kappa shape index (κ2) is 3.57. The van der Waals surface area contributed by atoms with Gasteiger partial charge in [0.2, 0.25) is 0 Å². The molecule has 3 N–H and O–H groups in total. The van der Waals surface area contributed by atoms with E-state index in [2.05, 4.69) is 10.3 Å². The van der Waals surface area contributed by atoms with E-state index in [0.717, 1.165) is 19.3 Å². The molecule has 0 unspecified atom stereocenters. The van der Waals surface area contributed by atoms with E-state index >= 15 is 0 Å². The third kappa shape index (κ3) is 2.18. The molecule has 0 aliphatic heterocycles. The van der Waals surface area contributed by atoms with Crippen molar-refractivity contribution in [1.29, 1.82) is 0 Å². The summed E-state index contributed by atoms with van der Waals surface area (Å²) in [4.78, 5) is 0. The van der Waals surface area contributed by atoms with E-state index in [9.17, 15) is 5.11 Å². The fourth-order valence-corrected chi connectivity index (χ4v) is 1.97. The maximum atomic E-state index is 9.76. The molecule has 2 rings (SSSR count). The van der Waals surface area contributed by atoms with Crippen LogP contribution in [0.15, 0.2) is 6.20 Å². The van der Waals surface area contributed by atoms with Gasteiger partial charge in [0.15, 0.2) is 0 Å². The summed E-state index contributed by atoms with van der Waals surface area (Å²) in [5, 5.41) is 17.8. The van der Waals surface area contributed by atoms with Crippen LogP contribution in [0.4, 0.5) is 0 Å². The van der Waals surface area contributed by atoms with E-state index in [1.165, 1.54) is 0 Å². The fraction of sp³-hybridized carbons (Fsp3) is 0.800. The van der Waals surface area contributed by atoms with E-state index in [-0.39, 0.29) is 6.04 Å². The Labute approximate surface area is 89.3 Å². The van der Waals surface area contributed by atoms with Crippen molar-refractivity contribution in [3.63, 3.8) is 0 Å². The van der Waals surface area contributed by atoms with Crippen molar-refractivity contribution < 1.29 is 5.11 Å². The van der Waals surface area contributed by atoms with Crippen molar-refractivity contribution in [3.8, 4) is 0 Å². The quantitative estimate of drug-likeness (QED) is 0.747. The molecule has 1 fully saturated rings. The van der Waals surface area contributed by atoms with Crippen molar-refractivity contribution in [1.82, 2.24) is 15.0 Å². The standard InChI is InChI=1S/C10H18N4O/c1-10(2,15)9-6-14(13-12-9)8-4-3-7(11)5-8/h6-8,15H,3-5,11H2,1-2H3/t7-,8+/m0/s1. The van der Waals surface area contributed by atoms with Crippen LogP contribution in [0, 0.1) is 0 Å². The van der Waals surface area contributed by atoms with Crippen molar-refractivity contribution in [3.05, 3.63) is 11.9 Å². The first-order valence-electron chi connectivity index (χ1n) is 5.37. The Morgan fingerprint density at radius 2 is 2.27 bits per heavy atom. The molecule has 0 saturated heterocycles. The van der Waals surface area contributed by atoms with Gasteiger partial charge in [0.05, 0.1) is 12.2 Å². The molecule has 0 spiro atoms. The lowest BCUT2D eigenvalue weighted by molar-refractivity contribution is 0.0737. The lowest BCUT2D eigenvalue weighted by Gasteiger charge is -2.12. The van der Waals surface area contributed by atoms with Gasteiger partial charge >= 0.3 is 0 Å². The molecule has 0 bridgehead atoms. The number of nitrogens with two attached hydrogens (primary N) is 1. The van der Waals surface area contributed by atoms with Gasteiger partial charge in [-0.1, -0.05) is 5.21 Å². The van der Waals surface area contributed by atoms with Crippen LogP contribution in [0.2, 0.25) is 0 Å². The molecule has 1 aromatic rings. The van der Waals surface area contributed by atoms with Gasteiger partial charge in [-0.05, 0) is 33.1 Å². The molecule has 1 aliphatic rings. The Kier molecular flexibility index (Phi) is 2.52. The van der Waals surface area contributed by atoms with Crippen LogP contribution in [0.25, 0.3) is 0 Å². The summed E-state index contributed by atoms with van der Waals surface area (Å²) in [6, 6.07) is 0.633. The number of rotatable bonds is 2. The second-order valence-electron chi connectivity index (χ2n) is 4.87. The highest BCUT2D eigenvalue weighted by Crippen LogP contribution is 2.29. The van der Waals surface area contributed by atoms with Crippen molar-refractivity contribution in [2.45, 2.75) is 50.8 Å². The first-order valence-corrected chi connectivity index (χ1v) is 5.37. The molecule has 0 amide bonds. The summed E-state index contributed by atoms with van der Waals surface area (Å²) in [6.07, 6.45) is 4.87. The number of aliphatic hydroxyl groups is 1. The second-order valence-corrected chi connectivity index (χ2v) is 4.87. The molecule has 5 nitrogen and oxygen atoms in total. The van der Waals surface area contributed by atoms with Gasteiger partial charge in [-0.3, -0.25) is 0 Å².